The minimum atomic E-state index is -0.837. The molecule has 0 heterocycles. The molecule has 0 spiro atoms. The van der Waals surface area contributed by atoms with Gasteiger partial charge in [-0.3, -0.25) is 0 Å². The van der Waals surface area contributed by atoms with Gasteiger partial charge in [0.25, 0.3) is 0 Å². The molecule has 0 aliphatic heterocycles. The van der Waals surface area contributed by atoms with E-state index in [1.54, 1.807) is 0 Å². The Morgan fingerprint density at radius 3 is 0.824 bits per heavy atom. The molecule has 0 unspecified atom stereocenters. The molecule has 0 bridgehead atoms. The summed E-state index contributed by atoms with van der Waals surface area (Å²) >= 11 is 0.0382. The zero-order valence-electron chi connectivity index (χ0n) is 13.2. The van der Waals surface area contributed by atoms with Crippen LogP contribution in [0.3, 0.4) is 0 Å². The number of hydrogen-bond acceptors (Lipinski definition) is 3. The topological polar surface area (TPSA) is 27.7 Å². The van der Waals surface area contributed by atoms with Crippen molar-refractivity contribution in [2.24, 2.45) is 0 Å². The second-order valence-electron chi connectivity index (χ2n) is 7.51. The zero-order valence-corrected chi connectivity index (χ0v) is 18.9. The van der Waals surface area contributed by atoms with E-state index in [4.69, 9.17) is 14.2 Å². The van der Waals surface area contributed by atoms with E-state index in [-0.39, 0.29) is 39.3 Å². The Morgan fingerprint density at radius 1 is 0.529 bits per heavy atom. The maximum absolute atomic E-state index is 6.03. The molecule has 104 valence electrons. The van der Waals surface area contributed by atoms with E-state index in [1.165, 1.54) is 0 Å². The van der Waals surface area contributed by atoms with Crippen molar-refractivity contribution in [3.63, 3.8) is 0 Å². The molecule has 0 radical (unpaired) electrons. The van der Waals surface area contributed by atoms with Crippen LogP contribution in [0.4, 0.5) is 0 Å². The average Bonchev–Trinajstić information content (AvgIpc) is 1.65. The summed E-state index contributed by atoms with van der Waals surface area (Å²) in [4.78, 5) is 0. The fourth-order valence-electron chi connectivity index (χ4n) is 1.73. The molecular formula is C13H30O3Sn. The summed E-state index contributed by atoms with van der Waals surface area (Å²) in [5.74, 6) is 0. The monoisotopic (exact) mass is 354 g/mol. The first-order valence-corrected chi connectivity index (χ1v) is 9.08. The van der Waals surface area contributed by atoms with Gasteiger partial charge in [0.05, 0.1) is 0 Å². The Bertz CT molecular complexity index is 202. The van der Waals surface area contributed by atoms with Gasteiger partial charge in [0.15, 0.2) is 0 Å². The molecule has 4 heteroatoms. The predicted molar refractivity (Wildman–Crippen MR) is 75.2 cm³/mol. The Hall–Kier alpha value is 0.679. The molecule has 17 heavy (non-hydrogen) atoms. The second-order valence-corrected chi connectivity index (χ2v) is 11.0. The van der Waals surface area contributed by atoms with E-state index < -0.39 is 3.99 Å². The van der Waals surface area contributed by atoms with Crippen LogP contribution in [-0.4, -0.2) is 43.3 Å². The van der Waals surface area contributed by atoms with E-state index in [2.05, 4.69) is 0 Å². The third-order valence-electron chi connectivity index (χ3n) is 1.47. The molecule has 0 saturated carbocycles. The predicted octanol–water partition coefficient (Wildman–Crippen LogP) is 2.41. The molecule has 0 aliphatic carbocycles. The molecule has 0 rings (SSSR count). The van der Waals surface area contributed by atoms with E-state index in [0.717, 1.165) is 0 Å². The standard InChI is InChI=1S/C13H27O3.Sn.3H/c1-11(2,3)14-10(15-12(4,5)6)16-13(7,8)9;;;;/h1-9H3;;;;. The molecule has 0 fully saturated rings. The Morgan fingerprint density at radius 2 is 0.706 bits per heavy atom. The summed E-state index contributed by atoms with van der Waals surface area (Å²) in [5, 5.41) is 0. The second kappa shape index (κ2) is 5.35. The van der Waals surface area contributed by atoms with Crippen LogP contribution >= 0.6 is 0 Å². The van der Waals surface area contributed by atoms with Gasteiger partial charge in [-0.15, -0.1) is 0 Å². The van der Waals surface area contributed by atoms with Crippen molar-refractivity contribution in [3.05, 3.63) is 0 Å². The van der Waals surface area contributed by atoms with Crippen molar-refractivity contribution in [1.29, 1.82) is 0 Å². The van der Waals surface area contributed by atoms with Gasteiger partial charge in [-0.05, 0) is 0 Å². The fourth-order valence-corrected chi connectivity index (χ4v) is 6.97. The van der Waals surface area contributed by atoms with E-state index >= 15 is 0 Å². The van der Waals surface area contributed by atoms with Crippen LogP contribution in [0, 0.1) is 0 Å². The van der Waals surface area contributed by atoms with Crippen LogP contribution < -0.4 is 0 Å². The number of ether oxygens (including phenoxy) is 3. The van der Waals surface area contributed by atoms with E-state index in [9.17, 15) is 0 Å². The van der Waals surface area contributed by atoms with Crippen molar-refractivity contribution in [2.75, 3.05) is 0 Å². The van der Waals surface area contributed by atoms with Gasteiger partial charge in [-0.2, -0.15) is 0 Å². The Balaban J connectivity index is 4.95. The molecular weight excluding hydrogens is 323 g/mol. The van der Waals surface area contributed by atoms with Crippen molar-refractivity contribution < 1.29 is 14.2 Å². The van der Waals surface area contributed by atoms with Crippen LogP contribution in [0.25, 0.3) is 0 Å². The summed E-state index contributed by atoms with van der Waals surface area (Å²) in [7, 11) is 0. The number of hydrogen-bond donors (Lipinski definition) is 0. The summed E-state index contributed by atoms with van der Waals surface area (Å²) in [6, 6.07) is 0. The molecule has 0 aliphatic rings. The minimum absolute atomic E-state index is 0.0382. The van der Waals surface area contributed by atoms with Gasteiger partial charge in [0.1, 0.15) is 0 Å². The quantitative estimate of drug-likeness (QED) is 0.576. The van der Waals surface area contributed by atoms with Gasteiger partial charge in [0.2, 0.25) is 0 Å². The van der Waals surface area contributed by atoms with Crippen LogP contribution in [-0.2, 0) is 14.2 Å². The Labute approximate surface area is 120 Å². The van der Waals surface area contributed by atoms with Crippen molar-refractivity contribution in [3.8, 4) is 0 Å². The Kier molecular flexibility index (Phi) is 5.57. The number of rotatable bonds is 3. The molecule has 0 aromatic rings. The molecule has 0 atom stereocenters. The van der Waals surface area contributed by atoms with Crippen LogP contribution in [0.15, 0.2) is 0 Å². The van der Waals surface area contributed by atoms with Gasteiger partial charge in [-0.25, -0.2) is 0 Å². The van der Waals surface area contributed by atoms with Gasteiger partial charge < -0.3 is 0 Å². The normalized spacial score (nSPS) is 15.4. The van der Waals surface area contributed by atoms with Gasteiger partial charge >= 0.3 is 120 Å². The van der Waals surface area contributed by atoms with Crippen molar-refractivity contribution >= 4 is 22.5 Å². The fraction of sp³-hybridized carbons (Fsp3) is 1.00. The molecule has 3 nitrogen and oxygen atoms in total. The summed E-state index contributed by atoms with van der Waals surface area (Å²) < 4.78 is 17.2. The molecule has 0 amide bonds. The van der Waals surface area contributed by atoms with E-state index in [1.807, 2.05) is 62.3 Å². The molecule has 0 aromatic carbocycles. The summed E-state index contributed by atoms with van der Waals surface area (Å²) in [6.45, 7) is 18.2. The third kappa shape index (κ3) is 10.3. The third-order valence-corrected chi connectivity index (χ3v) is 3.22. The average molecular weight is 353 g/mol. The van der Waals surface area contributed by atoms with Gasteiger partial charge in [-0.1, -0.05) is 0 Å². The first kappa shape index (κ1) is 17.7. The van der Waals surface area contributed by atoms with Crippen molar-refractivity contribution in [2.45, 2.75) is 83.1 Å². The molecule has 0 aromatic heterocycles. The zero-order chi connectivity index (χ0) is 14.1. The van der Waals surface area contributed by atoms with Gasteiger partial charge in [0, 0.05) is 0 Å². The molecule has 0 N–H and O–H groups in total. The van der Waals surface area contributed by atoms with Crippen molar-refractivity contribution in [1.82, 2.24) is 0 Å². The first-order chi connectivity index (χ1) is 7.12. The molecule has 0 saturated heterocycles. The first-order valence-electron chi connectivity index (χ1n) is 6.22. The van der Waals surface area contributed by atoms with Crippen LogP contribution in [0.5, 0.6) is 0 Å². The maximum atomic E-state index is 6.03. The SMILES string of the molecule is CC(C)(C)O[C]([SnH3])(OC(C)(C)C)OC(C)(C)C. The van der Waals surface area contributed by atoms with Crippen LogP contribution in [0.2, 0.25) is 0 Å². The van der Waals surface area contributed by atoms with Crippen LogP contribution in [0.1, 0.15) is 62.3 Å². The summed E-state index contributed by atoms with van der Waals surface area (Å²) in [5.41, 5.74) is -0.827. The summed E-state index contributed by atoms with van der Waals surface area (Å²) in [6.07, 6.45) is 0. The van der Waals surface area contributed by atoms with E-state index in [0.29, 0.717) is 0 Å².